The molecule has 0 aromatic carbocycles. The summed E-state index contributed by atoms with van der Waals surface area (Å²) < 4.78 is 9.89. The molecule has 1 saturated carbocycles. The van der Waals surface area contributed by atoms with Crippen LogP contribution in [0.15, 0.2) is 12.2 Å². The molecule has 2 aliphatic carbocycles. The van der Waals surface area contributed by atoms with E-state index in [2.05, 4.69) is 28.1 Å². The Labute approximate surface area is 139 Å². The summed E-state index contributed by atoms with van der Waals surface area (Å²) in [5.41, 5.74) is 0. The lowest BCUT2D eigenvalue weighted by Crippen LogP contribution is -2.34. The van der Waals surface area contributed by atoms with E-state index in [0.717, 1.165) is 6.42 Å². The van der Waals surface area contributed by atoms with Crippen molar-refractivity contribution in [2.45, 2.75) is 37.6 Å². The van der Waals surface area contributed by atoms with E-state index in [9.17, 15) is 14.7 Å². The van der Waals surface area contributed by atoms with Crippen LogP contribution in [0.25, 0.3) is 0 Å². The number of hydrogen-bond donors (Lipinski definition) is 1. The number of esters is 2. The predicted octanol–water partition coefficient (Wildman–Crippen LogP) is 2.07. The predicted molar refractivity (Wildman–Crippen MR) is 84.3 cm³/mol. The van der Waals surface area contributed by atoms with Crippen LogP contribution in [0.5, 0.6) is 0 Å². The topological polar surface area (TPSA) is 72.8 Å². The third-order valence-electron chi connectivity index (χ3n) is 4.45. The minimum Gasteiger partial charge on any atom is -0.464 e. The number of allylic oxidation sites excluding steroid dienone is 2. The second-order valence-electron chi connectivity index (χ2n) is 6.65. The maximum absolute atomic E-state index is 11.9. The Balaban J connectivity index is 1.92. The molecule has 2 bridgehead atoms. The average Bonchev–Trinajstić information content (AvgIpc) is 3.01. The van der Waals surface area contributed by atoms with Gasteiger partial charge in [-0.1, -0.05) is 28.1 Å². The fourth-order valence-electron chi connectivity index (χ4n) is 3.16. The molecule has 0 heterocycles. The third-order valence-corrected chi connectivity index (χ3v) is 4.77. The third kappa shape index (κ3) is 3.90. The number of halogens is 1. The summed E-state index contributed by atoms with van der Waals surface area (Å²) in [6.07, 6.45) is 4.21. The first kappa shape index (κ1) is 17.5. The van der Waals surface area contributed by atoms with Crippen LogP contribution in [-0.4, -0.2) is 40.7 Å². The highest BCUT2D eigenvalue weighted by atomic mass is 79.9. The summed E-state index contributed by atoms with van der Waals surface area (Å²) in [7, 11) is 0. The van der Waals surface area contributed by atoms with Gasteiger partial charge in [-0.2, -0.15) is 0 Å². The molecule has 5 nitrogen and oxygen atoms in total. The standard InChI is InChI=1S/C16H23BrO5/c1-9(18)14(19)21-7-12-10-4-5-11(6-10)13(12)8-22-15(20)16(2,3)17/h4-5,9-13,18H,6-8H2,1-3H3/t9?,10?,11?,12-,13+/m0/s1. The van der Waals surface area contributed by atoms with Crippen molar-refractivity contribution in [2.24, 2.45) is 23.7 Å². The van der Waals surface area contributed by atoms with Gasteiger partial charge in [-0.3, -0.25) is 4.79 Å². The summed E-state index contributed by atoms with van der Waals surface area (Å²) >= 11 is 3.29. The first-order chi connectivity index (χ1) is 10.2. The van der Waals surface area contributed by atoms with E-state index >= 15 is 0 Å². The van der Waals surface area contributed by atoms with E-state index in [1.807, 2.05) is 0 Å². The van der Waals surface area contributed by atoms with Gasteiger partial charge < -0.3 is 14.6 Å². The molecule has 3 unspecified atom stereocenters. The van der Waals surface area contributed by atoms with Gasteiger partial charge in [0.1, 0.15) is 10.4 Å². The van der Waals surface area contributed by atoms with Crippen LogP contribution in [0.3, 0.4) is 0 Å². The van der Waals surface area contributed by atoms with Crippen LogP contribution in [0.4, 0.5) is 0 Å². The van der Waals surface area contributed by atoms with Crippen molar-refractivity contribution in [3.63, 3.8) is 0 Å². The largest absolute Gasteiger partial charge is 0.464 e. The second-order valence-corrected chi connectivity index (χ2v) is 8.64. The molecule has 6 heteroatoms. The Kier molecular flexibility index (Phi) is 5.33. The van der Waals surface area contributed by atoms with E-state index in [-0.39, 0.29) is 24.4 Å². The number of carbonyl (C=O) groups is 2. The molecule has 0 aromatic rings. The molecule has 1 fully saturated rings. The molecule has 0 aromatic heterocycles. The lowest BCUT2D eigenvalue weighted by Gasteiger charge is -2.28. The van der Waals surface area contributed by atoms with Crippen molar-refractivity contribution in [1.82, 2.24) is 0 Å². The van der Waals surface area contributed by atoms with Crippen molar-refractivity contribution in [2.75, 3.05) is 13.2 Å². The molecular formula is C16H23BrO5. The summed E-state index contributed by atoms with van der Waals surface area (Å²) in [4.78, 5) is 23.3. The lowest BCUT2D eigenvalue weighted by atomic mass is 9.84. The van der Waals surface area contributed by atoms with Gasteiger partial charge in [0.2, 0.25) is 0 Å². The number of aliphatic hydroxyl groups is 1. The van der Waals surface area contributed by atoms with Gasteiger partial charge in [0.25, 0.3) is 0 Å². The molecular weight excluding hydrogens is 352 g/mol. The summed E-state index contributed by atoms with van der Waals surface area (Å²) in [6, 6.07) is 0. The van der Waals surface area contributed by atoms with Gasteiger partial charge >= 0.3 is 11.9 Å². The van der Waals surface area contributed by atoms with Gasteiger partial charge in [0.05, 0.1) is 13.2 Å². The van der Waals surface area contributed by atoms with E-state index in [1.165, 1.54) is 6.92 Å². The lowest BCUT2D eigenvalue weighted by molar-refractivity contribution is -0.156. The first-order valence-corrected chi connectivity index (χ1v) is 8.38. The van der Waals surface area contributed by atoms with Crippen molar-refractivity contribution >= 4 is 27.9 Å². The molecule has 0 radical (unpaired) electrons. The summed E-state index contributed by atoms with van der Waals surface area (Å²) in [6.45, 7) is 5.47. The minimum atomic E-state index is -1.11. The maximum atomic E-state index is 11.9. The van der Waals surface area contributed by atoms with Crippen LogP contribution in [0.2, 0.25) is 0 Å². The quantitative estimate of drug-likeness (QED) is 0.437. The Morgan fingerprint density at radius 3 is 2.18 bits per heavy atom. The van der Waals surface area contributed by atoms with Gasteiger partial charge in [-0.25, -0.2) is 4.79 Å². The van der Waals surface area contributed by atoms with Crippen molar-refractivity contribution in [1.29, 1.82) is 0 Å². The molecule has 5 atom stereocenters. The van der Waals surface area contributed by atoms with Gasteiger partial charge in [0, 0.05) is 11.8 Å². The number of hydrogen-bond acceptors (Lipinski definition) is 5. The number of rotatable bonds is 6. The molecule has 2 aliphatic rings. The Hall–Kier alpha value is -0.880. The second kappa shape index (κ2) is 6.71. The fraction of sp³-hybridized carbons (Fsp3) is 0.750. The van der Waals surface area contributed by atoms with Crippen LogP contribution in [-0.2, 0) is 19.1 Å². The maximum Gasteiger partial charge on any atom is 0.334 e. The number of alkyl halides is 1. The smallest absolute Gasteiger partial charge is 0.334 e. The number of ether oxygens (including phenoxy) is 2. The number of carbonyl (C=O) groups excluding carboxylic acids is 2. The van der Waals surface area contributed by atoms with Crippen molar-refractivity contribution in [3.8, 4) is 0 Å². The molecule has 0 saturated heterocycles. The number of fused-ring (bicyclic) bond motifs is 2. The molecule has 0 amide bonds. The minimum absolute atomic E-state index is 0.143. The first-order valence-electron chi connectivity index (χ1n) is 7.59. The van der Waals surface area contributed by atoms with E-state index < -0.39 is 16.4 Å². The normalized spacial score (nSPS) is 31.1. The van der Waals surface area contributed by atoms with Crippen molar-refractivity contribution < 1.29 is 24.2 Å². The SMILES string of the molecule is CC(O)C(=O)OC[C@H]1C2C=CC(C2)[C@H]1COC(=O)C(C)(C)Br. The molecule has 22 heavy (non-hydrogen) atoms. The number of aliphatic hydroxyl groups excluding tert-OH is 1. The molecule has 124 valence electrons. The zero-order valence-corrected chi connectivity index (χ0v) is 14.7. The monoisotopic (exact) mass is 374 g/mol. The molecule has 1 N–H and O–H groups in total. The van der Waals surface area contributed by atoms with Crippen molar-refractivity contribution in [3.05, 3.63) is 12.2 Å². The van der Waals surface area contributed by atoms with Crippen LogP contribution < -0.4 is 0 Å². The summed E-state index contributed by atoms with van der Waals surface area (Å²) in [5.74, 6) is 0.126. The van der Waals surface area contributed by atoms with Crippen LogP contribution >= 0.6 is 15.9 Å². The fourth-order valence-corrected chi connectivity index (χ4v) is 3.28. The Morgan fingerprint density at radius 2 is 1.73 bits per heavy atom. The molecule has 0 spiro atoms. The molecule has 2 rings (SSSR count). The van der Waals surface area contributed by atoms with Gasteiger partial charge in [0.15, 0.2) is 0 Å². The highest BCUT2D eigenvalue weighted by Gasteiger charge is 2.46. The Morgan fingerprint density at radius 1 is 1.23 bits per heavy atom. The van der Waals surface area contributed by atoms with E-state index in [0.29, 0.717) is 18.4 Å². The zero-order valence-electron chi connectivity index (χ0n) is 13.1. The summed E-state index contributed by atoms with van der Waals surface area (Å²) in [5, 5.41) is 9.20. The van der Waals surface area contributed by atoms with Crippen LogP contribution in [0, 0.1) is 23.7 Å². The van der Waals surface area contributed by atoms with Crippen LogP contribution in [0.1, 0.15) is 27.2 Å². The molecule has 0 aliphatic heterocycles. The van der Waals surface area contributed by atoms with Gasteiger partial charge in [-0.15, -0.1) is 0 Å². The highest BCUT2D eigenvalue weighted by molar-refractivity contribution is 9.10. The highest BCUT2D eigenvalue weighted by Crippen LogP contribution is 2.48. The average molecular weight is 375 g/mol. The van der Waals surface area contributed by atoms with E-state index in [4.69, 9.17) is 9.47 Å². The van der Waals surface area contributed by atoms with E-state index in [1.54, 1.807) is 13.8 Å². The van der Waals surface area contributed by atoms with Gasteiger partial charge in [-0.05, 0) is 39.0 Å². The Bertz CT molecular complexity index is 466. The zero-order chi connectivity index (χ0) is 16.5.